The Balaban J connectivity index is 2.22. The Hall–Kier alpha value is -1.19. The van der Waals surface area contributed by atoms with Crippen molar-refractivity contribution < 1.29 is 0 Å². The van der Waals surface area contributed by atoms with Gasteiger partial charge in [0.1, 0.15) is 11.0 Å². The number of nitrogens with two attached hydrogens (primary N) is 1. The van der Waals surface area contributed by atoms with Gasteiger partial charge in [0.2, 0.25) is 0 Å². The van der Waals surface area contributed by atoms with Crippen LogP contribution in [0.4, 0.5) is 0 Å². The second-order valence-corrected chi connectivity index (χ2v) is 4.70. The van der Waals surface area contributed by atoms with Gasteiger partial charge in [-0.25, -0.2) is 9.97 Å². The second kappa shape index (κ2) is 3.40. The standard InChI is InChI=1S/C12H12ClN3/c13-10-8-3-1-2-4-9(8)15-11(16-10)12(7-14)5-6-12/h1-4H,5-7,14H2. The van der Waals surface area contributed by atoms with Gasteiger partial charge in [-0.1, -0.05) is 23.7 Å². The summed E-state index contributed by atoms with van der Waals surface area (Å²) in [5.74, 6) is 0.804. The molecule has 1 aliphatic rings. The van der Waals surface area contributed by atoms with Gasteiger partial charge >= 0.3 is 0 Å². The molecule has 1 aromatic carbocycles. The molecule has 3 rings (SSSR count). The lowest BCUT2D eigenvalue weighted by atomic mass is 10.1. The lowest BCUT2D eigenvalue weighted by molar-refractivity contribution is 0.653. The number of hydrogen-bond acceptors (Lipinski definition) is 3. The number of aromatic nitrogens is 2. The first-order valence-electron chi connectivity index (χ1n) is 5.38. The molecular formula is C12H12ClN3. The zero-order valence-electron chi connectivity index (χ0n) is 8.78. The van der Waals surface area contributed by atoms with E-state index in [1.807, 2.05) is 24.3 Å². The highest BCUT2D eigenvalue weighted by atomic mass is 35.5. The molecule has 0 bridgehead atoms. The molecule has 3 nitrogen and oxygen atoms in total. The van der Waals surface area contributed by atoms with Crippen molar-refractivity contribution in [3.8, 4) is 0 Å². The van der Waals surface area contributed by atoms with Crippen LogP contribution < -0.4 is 5.73 Å². The summed E-state index contributed by atoms with van der Waals surface area (Å²) < 4.78 is 0. The summed E-state index contributed by atoms with van der Waals surface area (Å²) in [6, 6.07) is 7.78. The van der Waals surface area contributed by atoms with E-state index in [4.69, 9.17) is 17.3 Å². The van der Waals surface area contributed by atoms with Crippen LogP contribution in [0.15, 0.2) is 24.3 Å². The SMILES string of the molecule is NCC1(c2nc(Cl)c3ccccc3n2)CC1. The molecular weight excluding hydrogens is 222 g/mol. The van der Waals surface area contributed by atoms with E-state index >= 15 is 0 Å². The highest BCUT2D eigenvalue weighted by Crippen LogP contribution is 2.46. The molecule has 4 heteroatoms. The summed E-state index contributed by atoms with van der Waals surface area (Å²) in [6.07, 6.45) is 2.14. The van der Waals surface area contributed by atoms with E-state index in [1.165, 1.54) is 0 Å². The van der Waals surface area contributed by atoms with E-state index in [9.17, 15) is 0 Å². The molecule has 1 heterocycles. The zero-order valence-corrected chi connectivity index (χ0v) is 9.54. The first kappa shape index (κ1) is 10.00. The quantitative estimate of drug-likeness (QED) is 0.810. The minimum absolute atomic E-state index is 0.00628. The molecule has 0 spiro atoms. The van der Waals surface area contributed by atoms with E-state index in [0.29, 0.717) is 11.7 Å². The fourth-order valence-corrected chi connectivity index (χ4v) is 2.18. The van der Waals surface area contributed by atoms with Gasteiger partial charge in [-0.3, -0.25) is 0 Å². The van der Waals surface area contributed by atoms with Crippen LogP contribution in [0, 0.1) is 0 Å². The maximum absolute atomic E-state index is 6.16. The van der Waals surface area contributed by atoms with E-state index in [-0.39, 0.29) is 5.41 Å². The Morgan fingerprint density at radius 1 is 1.25 bits per heavy atom. The summed E-state index contributed by atoms with van der Waals surface area (Å²) in [4.78, 5) is 8.95. The van der Waals surface area contributed by atoms with Crippen LogP contribution in [0.1, 0.15) is 18.7 Å². The maximum Gasteiger partial charge on any atom is 0.140 e. The first-order valence-corrected chi connectivity index (χ1v) is 5.76. The zero-order chi connectivity index (χ0) is 11.2. The number of fused-ring (bicyclic) bond motifs is 1. The number of hydrogen-bond donors (Lipinski definition) is 1. The normalized spacial score (nSPS) is 17.6. The maximum atomic E-state index is 6.16. The summed E-state index contributed by atoms with van der Waals surface area (Å²) >= 11 is 6.16. The lowest BCUT2D eigenvalue weighted by Crippen LogP contribution is -2.22. The van der Waals surface area contributed by atoms with Crippen LogP contribution in [0.2, 0.25) is 5.15 Å². The van der Waals surface area contributed by atoms with Crippen molar-refractivity contribution >= 4 is 22.5 Å². The smallest absolute Gasteiger partial charge is 0.140 e. The first-order chi connectivity index (χ1) is 7.75. The van der Waals surface area contributed by atoms with Crippen LogP contribution in [-0.4, -0.2) is 16.5 Å². The third-order valence-electron chi connectivity index (χ3n) is 3.28. The molecule has 0 amide bonds. The number of nitrogens with zero attached hydrogens (tertiary/aromatic N) is 2. The molecule has 2 N–H and O–H groups in total. The van der Waals surface area contributed by atoms with E-state index in [1.54, 1.807) is 0 Å². The van der Waals surface area contributed by atoms with Crippen molar-refractivity contribution in [2.24, 2.45) is 5.73 Å². The van der Waals surface area contributed by atoms with E-state index in [0.717, 1.165) is 29.6 Å². The topological polar surface area (TPSA) is 51.8 Å². The number of halogens is 1. The van der Waals surface area contributed by atoms with Crippen LogP contribution in [0.5, 0.6) is 0 Å². The predicted octanol–water partition coefficient (Wildman–Crippen LogP) is 2.27. The van der Waals surface area contributed by atoms with Crippen LogP contribution in [-0.2, 0) is 5.41 Å². The number of rotatable bonds is 2. The van der Waals surface area contributed by atoms with Gasteiger partial charge < -0.3 is 5.73 Å². The van der Waals surface area contributed by atoms with Crippen LogP contribution >= 0.6 is 11.6 Å². The molecule has 0 radical (unpaired) electrons. The molecule has 2 aromatic rings. The average Bonchev–Trinajstić information content (AvgIpc) is 3.10. The second-order valence-electron chi connectivity index (χ2n) is 4.34. The molecule has 16 heavy (non-hydrogen) atoms. The van der Waals surface area contributed by atoms with Gasteiger partial charge in [-0.05, 0) is 25.0 Å². The van der Waals surface area contributed by atoms with Crippen LogP contribution in [0.25, 0.3) is 10.9 Å². The van der Waals surface area contributed by atoms with Gasteiger partial charge in [0.05, 0.1) is 5.52 Å². The molecule has 1 aromatic heterocycles. The lowest BCUT2D eigenvalue weighted by Gasteiger charge is -2.11. The largest absolute Gasteiger partial charge is 0.329 e. The van der Waals surface area contributed by atoms with Gasteiger partial charge in [0, 0.05) is 17.3 Å². The average molecular weight is 234 g/mol. The summed E-state index contributed by atoms with van der Waals surface area (Å²) in [5, 5.41) is 1.43. The Morgan fingerprint density at radius 2 is 2.00 bits per heavy atom. The van der Waals surface area contributed by atoms with E-state index < -0.39 is 0 Å². The van der Waals surface area contributed by atoms with Crippen molar-refractivity contribution in [3.05, 3.63) is 35.2 Å². The van der Waals surface area contributed by atoms with Crippen molar-refractivity contribution in [2.75, 3.05) is 6.54 Å². The molecule has 0 unspecified atom stereocenters. The molecule has 0 atom stereocenters. The van der Waals surface area contributed by atoms with Gasteiger partial charge in [0.15, 0.2) is 0 Å². The molecule has 82 valence electrons. The van der Waals surface area contributed by atoms with Gasteiger partial charge in [0.25, 0.3) is 0 Å². The summed E-state index contributed by atoms with van der Waals surface area (Å²) in [7, 11) is 0. The van der Waals surface area contributed by atoms with Crippen molar-refractivity contribution in [1.82, 2.24) is 9.97 Å². The van der Waals surface area contributed by atoms with Crippen molar-refractivity contribution in [2.45, 2.75) is 18.3 Å². The minimum Gasteiger partial charge on any atom is -0.329 e. The number of benzene rings is 1. The predicted molar refractivity (Wildman–Crippen MR) is 64.5 cm³/mol. The molecule has 1 fully saturated rings. The molecule has 1 aliphatic carbocycles. The Bertz CT molecular complexity index is 549. The van der Waals surface area contributed by atoms with Gasteiger partial charge in [-0.2, -0.15) is 0 Å². The highest BCUT2D eigenvalue weighted by molar-refractivity contribution is 6.34. The third kappa shape index (κ3) is 1.39. The summed E-state index contributed by atoms with van der Waals surface area (Å²) in [5.41, 5.74) is 6.67. The van der Waals surface area contributed by atoms with E-state index in [2.05, 4.69) is 9.97 Å². The number of para-hydroxylation sites is 1. The Morgan fingerprint density at radius 3 is 2.69 bits per heavy atom. The highest BCUT2D eigenvalue weighted by Gasteiger charge is 2.46. The molecule has 0 aliphatic heterocycles. The van der Waals surface area contributed by atoms with Gasteiger partial charge in [-0.15, -0.1) is 0 Å². The summed E-state index contributed by atoms with van der Waals surface area (Å²) in [6.45, 7) is 0.599. The Labute approximate surface area is 98.6 Å². The fraction of sp³-hybridized carbons (Fsp3) is 0.333. The van der Waals surface area contributed by atoms with Crippen molar-refractivity contribution in [1.29, 1.82) is 0 Å². The Kier molecular flexibility index (Phi) is 2.13. The third-order valence-corrected chi connectivity index (χ3v) is 3.56. The molecule has 0 saturated heterocycles. The van der Waals surface area contributed by atoms with Crippen LogP contribution in [0.3, 0.4) is 0 Å². The molecule has 1 saturated carbocycles. The van der Waals surface area contributed by atoms with Crippen molar-refractivity contribution in [3.63, 3.8) is 0 Å². The fourth-order valence-electron chi connectivity index (χ4n) is 1.94. The monoisotopic (exact) mass is 233 g/mol. The minimum atomic E-state index is -0.00628.